The zero-order valence-corrected chi connectivity index (χ0v) is 5.62. The van der Waals surface area contributed by atoms with Crippen molar-refractivity contribution in [2.24, 2.45) is 0 Å². The molecule has 0 aromatic heterocycles. The number of nitrogens with one attached hydrogen (secondary N) is 1. The highest BCUT2D eigenvalue weighted by Crippen LogP contribution is 1.99. The van der Waals surface area contributed by atoms with Crippen LogP contribution in [0, 0.1) is 5.41 Å². The van der Waals surface area contributed by atoms with Crippen LogP contribution in [0.2, 0.25) is 0 Å². The van der Waals surface area contributed by atoms with E-state index in [1.807, 2.05) is 36.4 Å². The van der Waals surface area contributed by atoms with E-state index in [0.717, 1.165) is 5.56 Å². The Hall–Kier alpha value is -1.37. The Morgan fingerprint density at radius 2 is 1.90 bits per heavy atom. The van der Waals surface area contributed by atoms with Crippen LogP contribution in [0.4, 0.5) is 0 Å². The Morgan fingerprint density at radius 3 is 2.50 bits per heavy atom. The van der Waals surface area contributed by atoms with Crippen LogP contribution in [0.5, 0.6) is 0 Å². The summed E-state index contributed by atoms with van der Waals surface area (Å²) >= 11 is 0. The molecule has 10 heavy (non-hydrogen) atoms. The molecule has 1 N–H and O–H groups in total. The van der Waals surface area contributed by atoms with Gasteiger partial charge in [0.15, 0.2) is 0 Å². The molecule has 0 aliphatic rings. The lowest BCUT2D eigenvalue weighted by Gasteiger charge is -1.87. The van der Waals surface area contributed by atoms with Gasteiger partial charge in [0.1, 0.15) is 0 Å². The van der Waals surface area contributed by atoms with E-state index in [9.17, 15) is 0 Å². The average Bonchev–Trinajstić information content (AvgIpc) is 2.03. The molecule has 0 aliphatic heterocycles. The lowest BCUT2D eigenvalue weighted by atomic mass is 10.2. The molecule has 1 rings (SSSR count). The fourth-order valence-corrected chi connectivity index (χ4v) is 0.723. The van der Waals surface area contributed by atoms with E-state index < -0.39 is 0 Å². The van der Waals surface area contributed by atoms with Crippen molar-refractivity contribution >= 4 is 12.3 Å². The minimum atomic E-state index is 0. The first-order valence-electron chi connectivity index (χ1n) is 3.15. The van der Waals surface area contributed by atoms with Gasteiger partial charge in [0.05, 0.1) is 0 Å². The molecule has 0 bridgehead atoms. The molecule has 0 saturated heterocycles. The van der Waals surface area contributed by atoms with Gasteiger partial charge in [-0.3, -0.25) is 0 Å². The Kier molecular flexibility index (Phi) is 2.44. The molecule has 0 spiro atoms. The van der Waals surface area contributed by atoms with E-state index in [1.54, 1.807) is 6.08 Å². The molecule has 0 amide bonds. The third kappa shape index (κ3) is 1.86. The van der Waals surface area contributed by atoms with Gasteiger partial charge in [-0.05, 0) is 11.6 Å². The summed E-state index contributed by atoms with van der Waals surface area (Å²) in [4.78, 5) is 0. The maximum Gasteiger partial charge on any atom is 1.00 e. The van der Waals surface area contributed by atoms with Gasteiger partial charge in [-0.15, -0.1) is 0 Å². The van der Waals surface area contributed by atoms with Crippen LogP contribution in [0.15, 0.2) is 36.4 Å². The predicted octanol–water partition coefficient (Wildman–Crippen LogP) is 2.46. The summed E-state index contributed by atoms with van der Waals surface area (Å²) in [6.45, 7) is 0. The smallest absolute Gasteiger partial charge is 0.309 e. The standard InChI is InChI=1S/C9H9N/c10-8-4-7-9-5-2-1-3-6-9/h1-8,10H/p+1/b7-4+,10-8?. The SMILES string of the molecule is N=C/C=C/c1ccccc1.[H+]. The van der Waals surface area contributed by atoms with Crippen LogP contribution in [0.25, 0.3) is 6.08 Å². The summed E-state index contributed by atoms with van der Waals surface area (Å²) in [5.41, 5.74) is 1.13. The topological polar surface area (TPSA) is 23.9 Å². The lowest BCUT2D eigenvalue weighted by molar-refractivity contribution is 1.58. The Balaban J connectivity index is 0.000001000. The zero-order chi connectivity index (χ0) is 7.23. The first kappa shape index (κ1) is 6.75. The van der Waals surface area contributed by atoms with E-state index in [1.165, 1.54) is 6.21 Å². The van der Waals surface area contributed by atoms with Crippen LogP contribution in [-0.4, -0.2) is 6.21 Å². The number of hydrogen-bond donors (Lipinski definition) is 1. The summed E-state index contributed by atoms with van der Waals surface area (Å²) in [7, 11) is 0. The van der Waals surface area contributed by atoms with Crippen molar-refractivity contribution in [1.82, 2.24) is 0 Å². The van der Waals surface area contributed by atoms with Crippen molar-refractivity contribution in [3.8, 4) is 0 Å². The number of hydrogen-bond acceptors (Lipinski definition) is 1. The predicted molar refractivity (Wildman–Crippen MR) is 45.4 cm³/mol. The number of benzene rings is 1. The molecule has 0 fully saturated rings. The third-order valence-electron chi connectivity index (χ3n) is 1.18. The molecule has 0 saturated carbocycles. The van der Waals surface area contributed by atoms with Crippen LogP contribution in [0.3, 0.4) is 0 Å². The quantitative estimate of drug-likeness (QED) is 0.598. The van der Waals surface area contributed by atoms with E-state index in [0.29, 0.717) is 0 Å². The van der Waals surface area contributed by atoms with Gasteiger partial charge < -0.3 is 5.41 Å². The normalized spacial score (nSPS) is 10.0. The molecule has 1 heteroatoms. The number of allylic oxidation sites excluding steroid dienone is 1. The van der Waals surface area contributed by atoms with E-state index >= 15 is 0 Å². The molecular formula is C9H10N+. The van der Waals surface area contributed by atoms with E-state index in [-0.39, 0.29) is 1.43 Å². The highest BCUT2D eigenvalue weighted by Gasteiger charge is 1.78. The molecule has 0 atom stereocenters. The molecule has 0 heterocycles. The van der Waals surface area contributed by atoms with Crippen molar-refractivity contribution in [3.05, 3.63) is 42.0 Å². The summed E-state index contributed by atoms with van der Waals surface area (Å²) in [5, 5.41) is 6.74. The molecule has 1 nitrogen and oxygen atoms in total. The molecule has 1 aromatic carbocycles. The molecule has 50 valence electrons. The van der Waals surface area contributed by atoms with Gasteiger partial charge in [-0.1, -0.05) is 36.4 Å². The minimum Gasteiger partial charge on any atom is -0.309 e. The summed E-state index contributed by atoms with van der Waals surface area (Å²) in [6.07, 6.45) is 4.87. The van der Waals surface area contributed by atoms with Gasteiger partial charge in [0.25, 0.3) is 0 Å². The maximum atomic E-state index is 6.74. The highest BCUT2D eigenvalue weighted by molar-refractivity contribution is 5.75. The second kappa shape index (κ2) is 3.62. The van der Waals surface area contributed by atoms with Crippen LogP contribution in [-0.2, 0) is 0 Å². The van der Waals surface area contributed by atoms with Crippen molar-refractivity contribution in [3.63, 3.8) is 0 Å². The largest absolute Gasteiger partial charge is 1.00 e. The Morgan fingerprint density at radius 1 is 1.20 bits per heavy atom. The fraction of sp³-hybridized carbons (Fsp3) is 0. The van der Waals surface area contributed by atoms with Gasteiger partial charge in [0, 0.05) is 6.21 Å². The van der Waals surface area contributed by atoms with E-state index in [2.05, 4.69) is 0 Å². The first-order valence-corrected chi connectivity index (χ1v) is 3.15. The molecule has 0 aliphatic carbocycles. The van der Waals surface area contributed by atoms with Crippen molar-refractivity contribution in [1.29, 1.82) is 5.41 Å². The van der Waals surface area contributed by atoms with Gasteiger partial charge in [-0.25, -0.2) is 0 Å². The Bertz CT molecular complexity index is 229. The second-order valence-electron chi connectivity index (χ2n) is 1.94. The molecule has 1 aromatic rings. The monoisotopic (exact) mass is 132 g/mol. The highest BCUT2D eigenvalue weighted by atomic mass is 14.3. The van der Waals surface area contributed by atoms with Gasteiger partial charge in [-0.2, -0.15) is 0 Å². The summed E-state index contributed by atoms with van der Waals surface area (Å²) < 4.78 is 0. The Labute approximate surface area is 62.0 Å². The van der Waals surface area contributed by atoms with Gasteiger partial charge >= 0.3 is 1.43 Å². The van der Waals surface area contributed by atoms with E-state index in [4.69, 9.17) is 5.41 Å². The lowest BCUT2D eigenvalue weighted by Crippen LogP contribution is -1.67. The second-order valence-corrected chi connectivity index (χ2v) is 1.94. The van der Waals surface area contributed by atoms with Crippen molar-refractivity contribution in [2.45, 2.75) is 0 Å². The fourth-order valence-electron chi connectivity index (χ4n) is 0.723. The minimum absolute atomic E-state index is 0. The van der Waals surface area contributed by atoms with Crippen molar-refractivity contribution < 1.29 is 1.43 Å². The summed E-state index contributed by atoms with van der Waals surface area (Å²) in [5.74, 6) is 0. The van der Waals surface area contributed by atoms with Crippen molar-refractivity contribution in [2.75, 3.05) is 0 Å². The summed E-state index contributed by atoms with van der Waals surface area (Å²) in [6, 6.07) is 9.93. The van der Waals surface area contributed by atoms with Crippen LogP contribution < -0.4 is 0 Å². The van der Waals surface area contributed by atoms with Crippen LogP contribution in [0.1, 0.15) is 6.99 Å². The molecular weight excluding hydrogens is 122 g/mol. The maximum absolute atomic E-state index is 6.74. The third-order valence-corrected chi connectivity index (χ3v) is 1.18. The molecule has 0 radical (unpaired) electrons. The zero-order valence-electron chi connectivity index (χ0n) is 6.62. The average molecular weight is 132 g/mol. The molecule has 0 unspecified atom stereocenters. The first-order chi connectivity index (χ1) is 4.93. The van der Waals surface area contributed by atoms with Crippen LogP contribution >= 0.6 is 0 Å². The van der Waals surface area contributed by atoms with Gasteiger partial charge in [0.2, 0.25) is 0 Å². The number of rotatable bonds is 2.